The quantitative estimate of drug-likeness (QED) is 0.774. The molecule has 1 fully saturated rings. The highest BCUT2D eigenvalue weighted by Gasteiger charge is 2.44. The first kappa shape index (κ1) is 12.6. The summed E-state index contributed by atoms with van der Waals surface area (Å²) in [5, 5.41) is 20.3. The zero-order chi connectivity index (χ0) is 13.5. The number of amides is 1. The summed E-state index contributed by atoms with van der Waals surface area (Å²) in [6.45, 7) is 0.978. The third-order valence-corrected chi connectivity index (χ3v) is 4.17. The minimum absolute atomic E-state index is 0.234. The van der Waals surface area contributed by atoms with Gasteiger partial charge in [-0.1, -0.05) is 24.3 Å². The molecular formula is C15H19NO3. The SMILES string of the molecule is O=C(N1CCCC(O)C1)C1(O)Cc2ccccc2C1. The fourth-order valence-corrected chi connectivity index (χ4v) is 3.18. The lowest BCUT2D eigenvalue weighted by molar-refractivity contribution is -0.153. The van der Waals surface area contributed by atoms with E-state index in [1.165, 1.54) is 0 Å². The van der Waals surface area contributed by atoms with Gasteiger partial charge in [-0.15, -0.1) is 0 Å². The highest BCUT2D eigenvalue weighted by Crippen LogP contribution is 2.32. The number of likely N-dealkylation sites (tertiary alicyclic amines) is 1. The molecule has 1 heterocycles. The van der Waals surface area contributed by atoms with Gasteiger partial charge in [0.15, 0.2) is 5.60 Å². The Morgan fingerprint density at radius 1 is 1.26 bits per heavy atom. The lowest BCUT2D eigenvalue weighted by Crippen LogP contribution is -2.53. The largest absolute Gasteiger partial charge is 0.391 e. The van der Waals surface area contributed by atoms with Crippen molar-refractivity contribution >= 4 is 5.91 Å². The van der Waals surface area contributed by atoms with E-state index in [-0.39, 0.29) is 5.91 Å². The van der Waals surface area contributed by atoms with Crippen molar-refractivity contribution in [1.82, 2.24) is 4.90 Å². The van der Waals surface area contributed by atoms with Crippen LogP contribution in [0.3, 0.4) is 0 Å². The second-order valence-corrected chi connectivity index (χ2v) is 5.70. The van der Waals surface area contributed by atoms with Gasteiger partial charge in [0.2, 0.25) is 0 Å². The zero-order valence-corrected chi connectivity index (χ0v) is 10.9. The van der Waals surface area contributed by atoms with Crippen molar-refractivity contribution in [3.8, 4) is 0 Å². The van der Waals surface area contributed by atoms with Crippen LogP contribution < -0.4 is 0 Å². The number of benzene rings is 1. The Balaban J connectivity index is 1.77. The fourth-order valence-electron chi connectivity index (χ4n) is 3.18. The maximum Gasteiger partial charge on any atom is 0.255 e. The van der Waals surface area contributed by atoms with E-state index < -0.39 is 11.7 Å². The minimum Gasteiger partial charge on any atom is -0.391 e. The molecule has 1 unspecified atom stereocenters. The summed E-state index contributed by atoms with van der Waals surface area (Å²) >= 11 is 0. The lowest BCUT2D eigenvalue weighted by atomic mass is 9.96. The third-order valence-electron chi connectivity index (χ3n) is 4.17. The second-order valence-electron chi connectivity index (χ2n) is 5.70. The molecule has 0 bridgehead atoms. The van der Waals surface area contributed by atoms with E-state index in [9.17, 15) is 15.0 Å². The summed E-state index contributed by atoms with van der Waals surface area (Å²) in [5.74, 6) is -0.234. The van der Waals surface area contributed by atoms with Crippen LogP contribution in [-0.2, 0) is 17.6 Å². The normalized spacial score (nSPS) is 25.2. The van der Waals surface area contributed by atoms with E-state index in [1.54, 1.807) is 4.90 Å². The summed E-state index contributed by atoms with van der Waals surface area (Å²) < 4.78 is 0. The highest BCUT2D eigenvalue weighted by atomic mass is 16.3. The smallest absolute Gasteiger partial charge is 0.255 e. The Morgan fingerprint density at radius 2 is 1.89 bits per heavy atom. The molecule has 1 aliphatic heterocycles. The number of carbonyl (C=O) groups is 1. The molecular weight excluding hydrogens is 242 g/mol. The molecule has 2 N–H and O–H groups in total. The van der Waals surface area contributed by atoms with Gasteiger partial charge in [0.25, 0.3) is 5.91 Å². The van der Waals surface area contributed by atoms with E-state index in [2.05, 4.69) is 0 Å². The minimum atomic E-state index is -1.32. The lowest BCUT2D eigenvalue weighted by Gasteiger charge is -2.35. The average molecular weight is 261 g/mol. The van der Waals surface area contributed by atoms with Gasteiger partial charge in [0, 0.05) is 25.9 Å². The van der Waals surface area contributed by atoms with Crippen LogP contribution in [0.4, 0.5) is 0 Å². The third kappa shape index (κ3) is 2.26. The van der Waals surface area contributed by atoms with Crippen LogP contribution in [-0.4, -0.2) is 45.8 Å². The topological polar surface area (TPSA) is 60.8 Å². The Labute approximate surface area is 112 Å². The molecule has 1 aromatic carbocycles. The molecule has 4 nitrogen and oxygen atoms in total. The summed E-state index contributed by atoms with van der Waals surface area (Å²) in [5.41, 5.74) is 0.785. The number of hydrogen-bond acceptors (Lipinski definition) is 3. The van der Waals surface area contributed by atoms with Gasteiger partial charge in [-0.3, -0.25) is 4.79 Å². The Hall–Kier alpha value is -1.39. The van der Waals surface area contributed by atoms with Gasteiger partial charge in [0.05, 0.1) is 6.10 Å². The van der Waals surface area contributed by atoms with Crippen molar-refractivity contribution in [3.05, 3.63) is 35.4 Å². The number of hydrogen-bond donors (Lipinski definition) is 2. The number of rotatable bonds is 1. The van der Waals surface area contributed by atoms with Crippen LogP contribution in [0, 0.1) is 0 Å². The first-order chi connectivity index (χ1) is 9.08. The van der Waals surface area contributed by atoms with Gasteiger partial charge in [0.1, 0.15) is 0 Å². The van der Waals surface area contributed by atoms with Crippen molar-refractivity contribution in [2.75, 3.05) is 13.1 Å². The predicted octanol–water partition coefficient (Wildman–Crippen LogP) is 0.500. The number of nitrogens with zero attached hydrogens (tertiary/aromatic N) is 1. The van der Waals surface area contributed by atoms with E-state index >= 15 is 0 Å². The highest BCUT2D eigenvalue weighted by molar-refractivity contribution is 5.87. The van der Waals surface area contributed by atoms with Crippen molar-refractivity contribution in [3.63, 3.8) is 0 Å². The molecule has 0 aromatic heterocycles. The van der Waals surface area contributed by atoms with Crippen LogP contribution >= 0.6 is 0 Å². The number of fused-ring (bicyclic) bond motifs is 1. The molecule has 0 spiro atoms. The van der Waals surface area contributed by atoms with Gasteiger partial charge < -0.3 is 15.1 Å². The number of carbonyl (C=O) groups excluding carboxylic acids is 1. The maximum atomic E-state index is 12.5. The Kier molecular flexibility index (Phi) is 3.07. The molecule has 3 rings (SSSR count). The van der Waals surface area contributed by atoms with E-state index in [1.807, 2.05) is 24.3 Å². The number of aliphatic hydroxyl groups is 2. The molecule has 1 aliphatic carbocycles. The first-order valence-corrected chi connectivity index (χ1v) is 6.85. The van der Waals surface area contributed by atoms with E-state index in [0.29, 0.717) is 25.9 Å². The molecule has 1 saturated heterocycles. The Morgan fingerprint density at radius 3 is 2.47 bits per heavy atom. The first-order valence-electron chi connectivity index (χ1n) is 6.85. The molecule has 1 amide bonds. The molecule has 1 aromatic rings. The second kappa shape index (κ2) is 4.62. The van der Waals surface area contributed by atoms with Crippen LogP contribution in [0.5, 0.6) is 0 Å². The molecule has 19 heavy (non-hydrogen) atoms. The maximum absolute atomic E-state index is 12.5. The molecule has 0 radical (unpaired) electrons. The van der Waals surface area contributed by atoms with Crippen molar-refractivity contribution in [2.45, 2.75) is 37.4 Å². The van der Waals surface area contributed by atoms with Gasteiger partial charge in [-0.05, 0) is 24.0 Å². The number of piperidine rings is 1. The molecule has 2 aliphatic rings. The van der Waals surface area contributed by atoms with Gasteiger partial charge >= 0.3 is 0 Å². The van der Waals surface area contributed by atoms with Crippen molar-refractivity contribution in [2.24, 2.45) is 0 Å². The fraction of sp³-hybridized carbons (Fsp3) is 0.533. The monoisotopic (exact) mass is 261 g/mol. The summed E-state index contributed by atoms with van der Waals surface area (Å²) in [6.07, 6.45) is 1.85. The molecule has 1 atom stereocenters. The number of β-amino-alcohol motifs (C(OH)–C–C–N with tert-alkyl or cyclic N) is 1. The van der Waals surface area contributed by atoms with Gasteiger partial charge in [-0.25, -0.2) is 0 Å². The van der Waals surface area contributed by atoms with Gasteiger partial charge in [-0.2, -0.15) is 0 Å². The predicted molar refractivity (Wildman–Crippen MR) is 70.6 cm³/mol. The van der Waals surface area contributed by atoms with Crippen molar-refractivity contribution < 1.29 is 15.0 Å². The standard InChI is InChI=1S/C15H19NO3/c17-13-6-3-7-16(10-13)14(18)15(19)8-11-4-1-2-5-12(11)9-15/h1-2,4-5,13,17,19H,3,6-10H2. The summed E-state index contributed by atoms with van der Waals surface area (Å²) in [7, 11) is 0. The van der Waals surface area contributed by atoms with Crippen LogP contribution in [0.1, 0.15) is 24.0 Å². The molecule has 4 heteroatoms. The summed E-state index contributed by atoms with van der Waals surface area (Å²) in [6, 6.07) is 7.79. The Bertz CT molecular complexity index is 475. The molecule has 0 saturated carbocycles. The molecule has 102 valence electrons. The van der Waals surface area contributed by atoms with Crippen LogP contribution in [0.15, 0.2) is 24.3 Å². The van der Waals surface area contributed by atoms with Crippen LogP contribution in [0.25, 0.3) is 0 Å². The van der Waals surface area contributed by atoms with Crippen LogP contribution in [0.2, 0.25) is 0 Å². The zero-order valence-electron chi connectivity index (χ0n) is 10.9. The van der Waals surface area contributed by atoms with E-state index in [0.717, 1.165) is 24.0 Å². The van der Waals surface area contributed by atoms with Crippen molar-refractivity contribution in [1.29, 1.82) is 0 Å². The average Bonchev–Trinajstić information content (AvgIpc) is 2.75. The summed E-state index contributed by atoms with van der Waals surface area (Å²) in [4.78, 5) is 14.1. The van der Waals surface area contributed by atoms with E-state index in [4.69, 9.17) is 0 Å². The number of aliphatic hydroxyl groups excluding tert-OH is 1.